The van der Waals surface area contributed by atoms with Crippen LogP contribution in [0.2, 0.25) is 0 Å². The molecule has 71 heavy (non-hydrogen) atoms. The van der Waals surface area contributed by atoms with E-state index in [1.807, 2.05) is 59.5 Å². The quantitative estimate of drug-likeness (QED) is 0.0446. The lowest BCUT2D eigenvalue weighted by atomic mass is 10.0. The van der Waals surface area contributed by atoms with Crippen molar-refractivity contribution in [2.45, 2.75) is 130 Å². The summed E-state index contributed by atoms with van der Waals surface area (Å²) in [6, 6.07) is 28.9. The van der Waals surface area contributed by atoms with E-state index in [4.69, 9.17) is 4.98 Å². The number of hydrogen-bond acceptors (Lipinski definition) is 9. The van der Waals surface area contributed by atoms with Gasteiger partial charge in [-0.3, -0.25) is 24.5 Å². The molecule has 372 valence electrons. The molecule has 2 aromatic carbocycles. The van der Waals surface area contributed by atoms with Crippen LogP contribution < -0.4 is 0 Å². The highest BCUT2D eigenvalue weighted by Gasteiger charge is 2.20. The molecule has 0 radical (unpaired) electrons. The second-order valence-corrected chi connectivity index (χ2v) is 18.7. The Morgan fingerprint density at radius 1 is 0.479 bits per heavy atom. The third-order valence-electron chi connectivity index (χ3n) is 12.7. The molecule has 5 aromatic rings. The highest BCUT2D eigenvalue weighted by Crippen LogP contribution is 2.18. The Morgan fingerprint density at radius 3 is 1.35 bits per heavy atom. The Hall–Kier alpha value is -6.70. The van der Waals surface area contributed by atoms with Crippen LogP contribution >= 0.6 is 0 Å². The minimum Gasteiger partial charge on any atom is -0.480 e. The van der Waals surface area contributed by atoms with Crippen molar-refractivity contribution >= 4 is 17.9 Å². The Bertz CT molecular complexity index is 2650. The maximum atomic E-state index is 12.4. The number of aromatic nitrogens is 3. The maximum absolute atomic E-state index is 12.4. The summed E-state index contributed by atoms with van der Waals surface area (Å²) in [5.41, 5.74) is 7.64. The Balaban J connectivity index is 1.21. The number of aliphatic carboxylic acids is 1. The van der Waals surface area contributed by atoms with Crippen molar-refractivity contribution in [2.24, 2.45) is 0 Å². The first kappa shape index (κ1) is 53.6. The fraction of sp³-hybridized carbons (Fsp3) is 0.424. The largest absolute Gasteiger partial charge is 0.480 e. The van der Waals surface area contributed by atoms with E-state index in [0.717, 1.165) is 41.8 Å². The number of nitrogens with zero attached hydrogens (tertiary/aromatic N) is 6. The van der Waals surface area contributed by atoms with Crippen LogP contribution in [0.5, 0.6) is 0 Å². The molecule has 12 heteroatoms. The third kappa shape index (κ3) is 19.2. The van der Waals surface area contributed by atoms with Crippen molar-refractivity contribution in [3.05, 3.63) is 159 Å². The summed E-state index contributed by atoms with van der Waals surface area (Å²) in [7, 11) is 0. The van der Waals surface area contributed by atoms with E-state index in [0.29, 0.717) is 68.3 Å². The van der Waals surface area contributed by atoms with E-state index >= 15 is 0 Å². The summed E-state index contributed by atoms with van der Waals surface area (Å²) in [5.74, 6) is 9.55. The average Bonchev–Trinajstić information content (AvgIpc) is 3.35. The van der Waals surface area contributed by atoms with Gasteiger partial charge in [-0.25, -0.2) is 19.6 Å². The zero-order chi connectivity index (χ0) is 50.2. The summed E-state index contributed by atoms with van der Waals surface area (Å²) in [6.45, 7) is 7.35. The predicted octanol–water partition coefficient (Wildman–Crippen LogP) is 10.3. The number of benzene rings is 2. The van der Waals surface area contributed by atoms with Gasteiger partial charge in [0.2, 0.25) is 0 Å². The standard InChI is InChI=1S/C59H70N6O6/c1-3-5-7-9-11-13-16-45-20-24-47(25-21-45)28-30-49-36-53(61-55(38-49)58(68)69)42-63-32-34-64(40-51-18-15-19-52(60-51)41-65(35-33-63)44-57(66)67)43-54-37-50(39-56(62-54)59(70)71)31-29-48-26-22-46(23-27-48)17-14-12-10-8-6-4-2/h15,18-27,36-39H,3-14,16-17,32-35,40-44H2,1-2H3,(H,66,67)(H,68,69)(H,70,71). The molecule has 0 spiro atoms. The van der Waals surface area contributed by atoms with Crippen molar-refractivity contribution in [1.82, 2.24) is 29.7 Å². The zero-order valence-corrected chi connectivity index (χ0v) is 41.7. The number of aromatic carboxylic acids is 2. The van der Waals surface area contributed by atoms with Crippen LogP contribution in [0.25, 0.3) is 0 Å². The van der Waals surface area contributed by atoms with Crippen molar-refractivity contribution in [1.29, 1.82) is 0 Å². The lowest BCUT2D eigenvalue weighted by Gasteiger charge is -2.30. The number of aryl methyl sites for hydroxylation is 2. The number of unbranched alkanes of at least 4 members (excludes halogenated alkanes) is 10. The first-order valence-electron chi connectivity index (χ1n) is 25.6. The van der Waals surface area contributed by atoms with E-state index in [2.05, 4.69) is 81.6 Å². The highest BCUT2D eigenvalue weighted by atomic mass is 16.4. The van der Waals surface area contributed by atoms with Crippen molar-refractivity contribution in [3.63, 3.8) is 0 Å². The molecule has 0 atom stereocenters. The fourth-order valence-corrected chi connectivity index (χ4v) is 8.79. The van der Waals surface area contributed by atoms with E-state index in [9.17, 15) is 29.7 Å². The van der Waals surface area contributed by atoms with Crippen molar-refractivity contribution in [3.8, 4) is 23.7 Å². The number of rotatable bonds is 22. The second kappa shape index (κ2) is 28.8. The summed E-state index contributed by atoms with van der Waals surface area (Å²) in [6.07, 6.45) is 17.0. The number of carboxylic acid groups (broad SMARTS) is 3. The summed E-state index contributed by atoms with van der Waals surface area (Å²) in [4.78, 5) is 56.9. The number of carboxylic acids is 3. The van der Waals surface area contributed by atoms with Crippen molar-refractivity contribution < 1.29 is 29.7 Å². The Morgan fingerprint density at radius 2 is 0.887 bits per heavy atom. The van der Waals surface area contributed by atoms with Crippen LogP contribution in [0.1, 0.15) is 168 Å². The smallest absolute Gasteiger partial charge is 0.354 e. The molecule has 0 aliphatic carbocycles. The van der Waals surface area contributed by atoms with Crippen LogP contribution in [0.4, 0.5) is 0 Å². The lowest BCUT2D eigenvalue weighted by molar-refractivity contribution is -0.138. The van der Waals surface area contributed by atoms with Gasteiger partial charge in [-0.2, -0.15) is 0 Å². The van der Waals surface area contributed by atoms with E-state index in [1.165, 1.54) is 93.9 Å². The van der Waals surface area contributed by atoms with Gasteiger partial charge in [-0.1, -0.05) is 132 Å². The molecular weight excluding hydrogens is 889 g/mol. The van der Waals surface area contributed by atoms with Crippen LogP contribution in [-0.2, 0) is 43.8 Å². The van der Waals surface area contributed by atoms with Gasteiger partial charge in [0.15, 0.2) is 0 Å². The lowest BCUT2D eigenvalue weighted by Crippen LogP contribution is -2.41. The zero-order valence-electron chi connectivity index (χ0n) is 41.7. The molecule has 0 saturated heterocycles. The number of carbonyl (C=O) groups is 3. The third-order valence-corrected chi connectivity index (χ3v) is 12.7. The molecule has 1 aliphatic rings. The summed E-state index contributed by atoms with van der Waals surface area (Å²) < 4.78 is 0. The van der Waals surface area contributed by atoms with Crippen LogP contribution in [-0.4, -0.2) is 95.6 Å². The monoisotopic (exact) mass is 959 g/mol. The van der Waals surface area contributed by atoms with Gasteiger partial charge in [0.05, 0.1) is 29.3 Å². The van der Waals surface area contributed by atoms with Crippen LogP contribution in [0, 0.1) is 23.7 Å². The molecule has 6 rings (SSSR count). The van der Waals surface area contributed by atoms with Gasteiger partial charge in [0.1, 0.15) is 11.4 Å². The van der Waals surface area contributed by atoms with Gasteiger partial charge in [0.25, 0.3) is 0 Å². The SMILES string of the molecule is CCCCCCCCc1ccc(C#Cc2cc(CN3CCN(CC(=O)O)Cc4cccc(n4)CN(Cc4cc(C#Cc5ccc(CCCCCCCC)cc5)cc(C(=O)O)n4)CC3)nc(C(=O)O)c2)cc1. The maximum Gasteiger partial charge on any atom is 0.354 e. The minimum absolute atomic E-state index is 0.0977. The van der Waals surface area contributed by atoms with E-state index in [-0.39, 0.29) is 24.5 Å². The van der Waals surface area contributed by atoms with E-state index < -0.39 is 17.9 Å². The minimum atomic E-state index is -1.16. The molecule has 1 aliphatic heterocycles. The molecule has 0 saturated carbocycles. The van der Waals surface area contributed by atoms with Gasteiger partial charge in [-0.05, 0) is 97.5 Å². The average molecular weight is 959 g/mol. The predicted molar refractivity (Wildman–Crippen MR) is 278 cm³/mol. The van der Waals surface area contributed by atoms with Crippen LogP contribution in [0.3, 0.4) is 0 Å². The Labute approximate surface area is 420 Å². The first-order chi connectivity index (χ1) is 34.5. The molecule has 3 N–H and O–H groups in total. The molecule has 2 bridgehead atoms. The molecule has 3 aromatic heterocycles. The molecule has 4 heterocycles. The molecular formula is C59H70N6O6. The molecule has 0 fully saturated rings. The van der Waals surface area contributed by atoms with Gasteiger partial charge < -0.3 is 15.3 Å². The summed E-state index contributed by atoms with van der Waals surface area (Å²) >= 11 is 0. The fourth-order valence-electron chi connectivity index (χ4n) is 8.79. The van der Waals surface area contributed by atoms with Crippen LogP contribution in [0.15, 0.2) is 91.0 Å². The van der Waals surface area contributed by atoms with Gasteiger partial charge >= 0.3 is 17.9 Å². The Kier molecular flexibility index (Phi) is 21.8. The number of hydrogen-bond donors (Lipinski definition) is 3. The highest BCUT2D eigenvalue weighted by molar-refractivity contribution is 5.86. The number of fused-ring (bicyclic) bond motifs is 2. The molecule has 0 unspecified atom stereocenters. The normalized spacial score (nSPS) is 13.5. The topological polar surface area (TPSA) is 160 Å². The molecule has 12 nitrogen and oxygen atoms in total. The second-order valence-electron chi connectivity index (χ2n) is 18.7. The van der Waals surface area contributed by atoms with E-state index in [1.54, 1.807) is 0 Å². The first-order valence-corrected chi connectivity index (χ1v) is 25.6. The van der Waals surface area contributed by atoms with Crippen molar-refractivity contribution in [2.75, 3.05) is 32.7 Å². The van der Waals surface area contributed by atoms with Gasteiger partial charge in [-0.15, -0.1) is 0 Å². The van der Waals surface area contributed by atoms with Gasteiger partial charge in [0, 0.05) is 74.6 Å². The molecule has 0 amide bonds. The number of pyridine rings is 3. The summed E-state index contributed by atoms with van der Waals surface area (Å²) in [5, 5.41) is 30.1.